The second-order valence-corrected chi connectivity index (χ2v) is 5.95. The van der Waals surface area contributed by atoms with Gasteiger partial charge < -0.3 is 20.1 Å². The van der Waals surface area contributed by atoms with Gasteiger partial charge in [0.1, 0.15) is 11.5 Å². The van der Waals surface area contributed by atoms with Crippen molar-refractivity contribution in [3.63, 3.8) is 0 Å². The molecule has 2 N–H and O–H groups in total. The van der Waals surface area contributed by atoms with Crippen LogP contribution in [0.25, 0.3) is 0 Å². The van der Waals surface area contributed by atoms with Crippen LogP contribution in [-0.2, 0) is 4.79 Å². The molecule has 134 valence electrons. The minimum absolute atomic E-state index is 0.0340. The summed E-state index contributed by atoms with van der Waals surface area (Å²) >= 11 is 6.12. The summed E-state index contributed by atoms with van der Waals surface area (Å²) in [6.45, 7) is 2.06. The third-order valence-electron chi connectivity index (χ3n) is 3.68. The molecule has 0 aromatic heterocycles. The first-order chi connectivity index (χ1) is 12.1. The van der Waals surface area contributed by atoms with E-state index < -0.39 is 0 Å². The molecule has 0 aliphatic carbocycles. The molecule has 0 bridgehead atoms. The molecule has 2 rings (SSSR count). The zero-order valence-corrected chi connectivity index (χ0v) is 15.4. The van der Waals surface area contributed by atoms with E-state index in [1.807, 2.05) is 24.3 Å². The van der Waals surface area contributed by atoms with Crippen molar-refractivity contribution in [1.29, 1.82) is 0 Å². The summed E-state index contributed by atoms with van der Waals surface area (Å²) in [6, 6.07) is 11.0. The number of rotatable bonds is 8. The molecule has 0 saturated carbocycles. The van der Waals surface area contributed by atoms with Gasteiger partial charge in [-0.2, -0.15) is 0 Å². The highest BCUT2D eigenvalue weighted by molar-refractivity contribution is 6.32. The Bertz CT molecular complexity index is 717. The Kier molecular flexibility index (Phi) is 6.95. The highest BCUT2D eigenvalue weighted by Crippen LogP contribution is 2.37. The minimum atomic E-state index is 0.0340. The van der Waals surface area contributed by atoms with Gasteiger partial charge in [-0.25, -0.2) is 0 Å². The van der Waals surface area contributed by atoms with E-state index in [4.69, 9.17) is 21.1 Å². The Morgan fingerprint density at radius 1 is 1.04 bits per heavy atom. The quantitative estimate of drug-likeness (QED) is 0.675. The zero-order valence-electron chi connectivity index (χ0n) is 14.7. The number of carbonyl (C=O) groups excluding carboxylic acids is 1. The molecule has 0 atom stereocenters. The molecule has 1 amide bonds. The van der Waals surface area contributed by atoms with Crippen molar-refractivity contribution < 1.29 is 14.3 Å². The SMILES string of the molecule is CCCCC(=O)Nc1ccc(Nc2cc(OC)c(Cl)cc2OC)cc1. The van der Waals surface area contributed by atoms with Gasteiger partial charge in [-0.15, -0.1) is 0 Å². The van der Waals surface area contributed by atoms with Crippen molar-refractivity contribution in [1.82, 2.24) is 0 Å². The van der Waals surface area contributed by atoms with E-state index in [0.717, 1.165) is 29.9 Å². The fourth-order valence-electron chi connectivity index (χ4n) is 2.31. The fourth-order valence-corrected chi connectivity index (χ4v) is 2.54. The van der Waals surface area contributed by atoms with Crippen LogP contribution < -0.4 is 20.1 Å². The molecule has 5 nitrogen and oxygen atoms in total. The van der Waals surface area contributed by atoms with Crippen molar-refractivity contribution in [3.05, 3.63) is 41.4 Å². The smallest absolute Gasteiger partial charge is 0.224 e. The molecule has 0 heterocycles. The Labute approximate surface area is 153 Å². The summed E-state index contributed by atoms with van der Waals surface area (Å²) in [5, 5.41) is 6.63. The summed E-state index contributed by atoms with van der Waals surface area (Å²) in [5.74, 6) is 1.21. The fraction of sp³-hybridized carbons (Fsp3) is 0.316. The van der Waals surface area contributed by atoms with Gasteiger partial charge in [-0.05, 0) is 30.7 Å². The Hall–Kier alpha value is -2.40. The van der Waals surface area contributed by atoms with Crippen LogP contribution in [0.1, 0.15) is 26.2 Å². The van der Waals surface area contributed by atoms with Gasteiger partial charge in [0.25, 0.3) is 0 Å². The van der Waals surface area contributed by atoms with Gasteiger partial charge in [0.15, 0.2) is 0 Å². The molecule has 2 aromatic carbocycles. The third-order valence-corrected chi connectivity index (χ3v) is 3.97. The second kappa shape index (κ2) is 9.18. The topological polar surface area (TPSA) is 59.6 Å². The van der Waals surface area contributed by atoms with E-state index in [9.17, 15) is 4.79 Å². The molecule has 0 spiro atoms. The molecule has 0 unspecified atom stereocenters. The Morgan fingerprint density at radius 3 is 2.28 bits per heavy atom. The Balaban J connectivity index is 2.09. The van der Waals surface area contributed by atoms with Gasteiger partial charge in [0.05, 0.1) is 24.9 Å². The maximum Gasteiger partial charge on any atom is 0.224 e. The van der Waals surface area contributed by atoms with Gasteiger partial charge in [-0.3, -0.25) is 4.79 Å². The summed E-state index contributed by atoms with van der Waals surface area (Å²) in [6.07, 6.45) is 2.44. The van der Waals surface area contributed by atoms with Crippen molar-refractivity contribution in [2.75, 3.05) is 24.9 Å². The number of hydrogen-bond donors (Lipinski definition) is 2. The lowest BCUT2D eigenvalue weighted by Crippen LogP contribution is -2.10. The van der Waals surface area contributed by atoms with Crippen LogP contribution in [0.2, 0.25) is 5.02 Å². The highest BCUT2D eigenvalue weighted by Gasteiger charge is 2.10. The average Bonchev–Trinajstić information content (AvgIpc) is 2.62. The maximum absolute atomic E-state index is 11.8. The van der Waals surface area contributed by atoms with Crippen molar-refractivity contribution in [3.8, 4) is 11.5 Å². The standard InChI is InChI=1S/C19H23ClN2O3/c1-4-5-6-19(23)22-14-9-7-13(8-10-14)21-16-12-17(24-2)15(20)11-18(16)25-3/h7-12,21H,4-6H2,1-3H3,(H,22,23). The van der Waals surface area contributed by atoms with E-state index >= 15 is 0 Å². The molecule has 0 radical (unpaired) electrons. The monoisotopic (exact) mass is 362 g/mol. The first-order valence-electron chi connectivity index (χ1n) is 8.15. The van der Waals surface area contributed by atoms with Gasteiger partial charge in [0, 0.05) is 29.9 Å². The molecule has 0 saturated heterocycles. The number of methoxy groups -OCH3 is 2. The Morgan fingerprint density at radius 2 is 1.68 bits per heavy atom. The van der Waals surface area contributed by atoms with E-state index in [0.29, 0.717) is 22.9 Å². The molecular formula is C19H23ClN2O3. The molecule has 25 heavy (non-hydrogen) atoms. The maximum atomic E-state index is 11.8. The number of hydrogen-bond acceptors (Lipinski definition) is 4. The highest BCUT2D eigenvalue weighted by atomic mass is 35.5. The van der Waals surface area contributed by atoms with Crippen molar-refractivity contribution >= 4 is 34.6 Å². The summed E-state index contributed by atoms with van der Waals surface area (Å²) in [4.78, 5) is 11.8. The number of amides is 1. The second-order valence-electron chi connectivity index (χ2n) is 5.54. The van der Waals surface area contributed by atoms with Crippen LogP contribution in [0.4, 0.5) is 17.1 Å². The number of halogens is 1. The third kappa shape index (κ3) is 5.29. The number of ether oxygens (including phenoxy) is 2. The van der Waals surface area contributed by atoms with Gasteiger partial charge in [-0.1, -0.05) is 24.9 Å². The van der Waals surface area contributed by atoms with E-state index in [2.05, 4.69) is 17.6 Å². The number of anilines is 3. The van der Waals surface area contributed by atoms with Gasteiger partial charge >= 0.3 is 0 Å². The van der Waals surface area contributed by atoms with Gasteiger partial charge in [0.2, 0.25) is 5.91 Å². The average molecular weight is 363 g/mol. The number of carbonyl (C=O) groups is 1. The largest absolute Gasteiger partial charge is 0.495 e. The molecule has 6 heteroatoms. The number of unbranched alkanes of at least 4 members (excludes halogenated alkanes) is 1. The molecule has 2 aromatic rings. The van der Waals surface area contributed by atoms with Crippen molar-refractivity contribution in [2.24, 2.45) is 0 Å². The van der Waals surface area contributed by atoms with Crippen LogP contribution in [0, 0.1) is 0 Å². The molecular weight excluding hydrogens is 340 g/mol. The lowest BCUT2D eigenvalue weighted by atomic mass is 10.2. The lowest BCUT2D eigenvalue weighted by Gasteiger charge is -2.14. The predicted octanol–water partition coefficient (Wildman–Crippen LogP) is 5.23. The van der Waals surface area contributed by atoms with Crippen LogP contribution in [0.3, 0.4) is 0 Å². The number of benzene rings is 2. The predicted molar refractivity (Wildman–Crippen MR) is 102 cm³/mol. The van der Waals surface area contributed by atoms with Crippen molar-refractivity contribution in [2.45, 2.75) is 26.2 Å². The van der Waals surface area contributed by atoms with E-state index in [1.165, 1.54) is 0 Å². The molecule has 0 aliphatic rings. The van der Waals surface area contributed by atoms with Crippen LogP contribution in [-0.4, -0.2) is 20.1 Å². The summed E-state index contributed by atoms with van der Waals surface area (Å²) in [7, 11) is 3.14. The lowest BCUT2D eigenvalue weighted by molar-refractivity contribution is -0.116. The summed E-state index contributed by atoms with van der Waals surface area (Å²) < 4.78 is 10.6. The minimum Gasteiger partial charge on any atom is -0.495 e. The zero-order chi connectivity index (χ0) is 18.2. The normalized spacial score (nSPS) is 10.2. The first-order valence-corrected chi connectivity index (χ1v) is 8.53. The van der Waals surface area contributed by atoms with E-state index in [1.54, 1.807) is 26.4 Å². The van der Waals surface area contributed by atoms with Crippen LogP contribution >= 0.6 is 11.6 Å². The number of nitrogens with one attached hydrogen (secondary N) is 2. The summed E-state index contributed by atoms with van der Waals surface area (Å²) in [5.41, 5.74) is 2.37. The van der Waals surface area contributed by atoms with Crippen LogP contribution in [0.5, 0.6) is 11.5 Å². The van der Waals surface area contributed by atoms with E-state index in [-0.39, 0.29) is 5.91 Å². The molecule has 0 fully saturated rings. The molecule has 0 aliphatic heterocycles. The van der Waals surface area contributed by atoms with Crippen LogP contribution in [0.15, 0.2) is 36.4 Å². The first kappa shape index (κ1) is 18.9.